The molecule has 21 heteroatoms. The summed E-state index contributed by atoms with van der Waals surface area (Å²) >= 11 is -2.32. The van der Waals surface area contributed by atoms with Crippen LogP contribution in [0.5, 0.6) is 5.75 Å². The van der Waals surface area contributed by atoms with Gasteiger partial charge in [-0.2, -0.15) is 6.67 Å². The average Bonchev–Trinajstić information content (AvgIpc) is 3.69. The third-order valence-corrected chi connectivity index (χ3v) is 10.1. The molecule has 1 amide bonds. The Bertz CT molecular complexity index is 2080. The Labute approximate surface area is 349 Å². The Hall–Kier alpha value is -3.46. The second-order valence-corrected chi connectivity index (χ2v) is 21.9. The van der Waals surface area contributed by atoms with Gasteiger partial charge in [0.15, 0.2) is 0 Å². The fourth-order valence-electron chi connectivity index (χ4n) is 6.36. The number of aromatic nitrogens is 2. The van der Waals surface area contributed by atoms with E-state index in [0.29, 0.717) is 11.3 Å². The van der Waals surface area contributed by atoms with Gasteiger partial charge in [0.05, 0.1) is 0 Å². The number of anilines is 3. The van der Waals surface area contributed by atoms with Gasteiger partial charge in [0.25, 0.3) is 0 Å². The molecule has 0 unspecified atom stereocenters. The molecule has 59 heavy (non-hydrogen) atoms. The molecule has 0 saturated carbocycles. The molecule has 5 rings (SSSR count). The van der Waals surface area contributed by atoms with Gasteiger partial charge in [0.1, 0.15) is 0 Å². The molecule has 0 atom stereocenters. The molecule has 1 fully saturated rings. The Balaban J connectivity index is 0.000000276. The van der Waals surface area contributed by atoms with Crippen LogP contribution in [0.3, 0.4) is 0 Å². The molecule has 3 aromatic carbocycles. The van der Waals surface area contributed by atoms with E-state index in [0.717, 1.165) is 36.4 Å². The van der Waals surface area contributed by atoms with Gasteiger partial charge in [0, 0.05) is 24.5 Å². The number of ether oxygens (including phenoxy) is 1. The molecular weight excluding hydrogens is 951 g/mol. The van der Waals surface area contributed by atoms with Crippen molar-refractivity contribution in [3.8, 4) is 5.75 Å². The topological polar surface area (TPSA) is 53.6 Å². The van der Waals surface area contributed by atoms with Gasteiger partial charge in [-0.1, -0.05) is 35.4 Å². The van der Waals surface area contributed by atoms with Crippen molar-refractivity contribution in [1.82, 2.24) is 4.57 Å². The van der Waals surface area contributed by atoms with E-state index >= 15 is 0 Å². The van der Waals surface area contributed by atoms with Crippen LogP contribution in [0.25, 0.3) is 0 Å². The summed E-state index contributed by atoms with van der Waals surface area (Å²) in [4.78, 5) is 16.8. The number of imidazole rings is 1. The fraction of sp³-hybridized carbons (Fsp3) is 0.368. The molecule has 0 bridgehead atoms. The van der Waals surface area contributed by atoms with Crippen LogP contribution in [-0.4, -0.2) is 40.2 Å². The fourth-order valence-corrected chi connectivity index (χ4v) is 8.15. The third-order valence-electron chi connectivity index (χ3n) is 8.28. The molecule has 1 aromatic heterocycles. The number of nitrogens with one attached hydrogen (secondary N) is 1. The van der Waals surface area contributed by atoms with Crippen molar-refractivity contribution in [3.63, 3.8) is 0 Å². The number of aryl methyl sites for hydroxylation is 7. The van der Waals surface area contributed by atoms with E-state index in [-0.39, 0.29) is 16.4 Å². The van der Waals surface area contributed by atoms with E-state index in [9.17, 15) is 47.5 Å². The first-order chi connectivity index (χ1) is 26.7. The Morgan fingerprint density at radius 3 is 1.66 bits per heavy atom. The predicted molar refractivity (Wildman–Crippen MR) is 212 cm³/mol. The normalized spacial score (nSPS) is 14.7. The standard InChI is InChI=1S/C21H27N2.C17H17F4N3O2.2ClH.F6P.Ru/c1-14-9-16(3)20(17(4)10-14)22-7-8-23(13-22)21-18(5)11-15(2)12-19(21)6;1-11(2)26-14-6-5-13(9-12(14)3)22-15(25)16(18,19)17(20,21)24-8-7-23(4)10-24;;;1-7(2,3,4,5)6;/h9-13H,7-8H2,1-6H3;3,5-11H,1-2,4H3;2*1H;;/q-1;;;;-1;+2/p-1. The van der Waals surface area contributed by atoms with Gasteiger partial charge in [-0.05, 0) is 63.8 Å². The SMILES string of the molecule is CC(C)Oc1ccc(NC(=O)C(F)(F)C(F)(F)n2cc[n+](C)c2)cc1[CH]=[Ru]([Cl])[Cl].Cc1cc(C)c(N2[CH-]N(c3c(C)cc(C)cc3C)CC2)c(C)c1.F[P-](F)(F)(F)(F)F. The van der Waals surface area contributed by atoms with Crippen LogP contribution in [0.2, 0.25) is 0 Å². The summed E-state index contributed by atoms with van der Waals surface area (Å²) in [6, 6.07) is 8.29. The number of hydrogen-bond acceptors (Lipinski definition) is 4. The van der Waals surface area contributed by atoms with E-state index in [1.54, 1.807) is 13.8 Å². The van der Waals surface area contributed by atoms with Gasteiger partial charge < -0.3 is 9.80 Å². The summed E-state index contributed by atoms with van der Waals surface area (Å²) in [6.45, 7) is 21.1. The van der Waals surface area contributed by atoms with E-state index in [2.05, 4.69) is 82.3 Å². The second kappa shape index (κ2) is 17.9. The van der Waals surface area contributed by atoms with E-state index in [1.165, 1.54) is 74.6 Å². The van der Waals surface area contributed by atoms with Gasteiger partial charge in [-0.3, -0.25) is 0 Å². The number of halogens is 12. The van der Waals surface area contributed by atoms with Crippen LogP contribution < -0.4 is 24.4 Å². The second-order valence-electron chi connectivity index (χ2n) is 14.2. The molecule has 4 aromatic rings. The average molecular weight is 997 g/mol. The zero-order valence-corrected chi connectivity index (χ0v) is 37.5. The van der Waals surface area contributed by atoms with Gasteiger partial charge in [0.2, 0.25) is 0 Å². The van der Waals surface area contributed by atoms with Crippen LogP contribution in [-0.2, 0) is 31.4 Å². The molecular formula is C38H45Cl2F10N5O2PRu-. The molecule has 1 N–H and O–H groups in total. The maximum atomic E-state index is 14.3. The molecule has 1 aliphatic heterocycles. The van der Waals surface area contributed by atoms with E-state index < -0.39 is 39.2 Å². The first-order valence-electron chi connectivity index (χ1n) is 17.5. The summed E-state index contributed by atoms with van der Waals surface area (Å²) in [5.74, 6) is -6.81. The van der Waals surface area contributed by atoms with Gasteiger partial charge >= 0.3 is 211 Å². The monoisotopic (exact) mass is 996 g/mol. The minimum absolute atomic E-state index is 0.0251. The number of benzene rings is 3. The summed E-state index contributed by atoms with van der Waals surface area (Å²) < 4.78 is 124. The maximum absolute atomic E-state index is 14.3. The molecule has 1 saturated heterocycles. The van der Waals surface area contributed by atoms with Crippen LogP contribution in [0, 0.1) is 48.2 Å². The van der Waals surface area contributed by atoms with Crippen molar-refractivity contribution in [2.24, 2.45) is 7.05 Å². The van der Waals surface area contributed by atoms with E-state index in [4.69, 9.17) is 24.1 Å². The van der Waals surface area contributed by atoms with Crippen molar-refractivity contribution in [2.45, 2.75) is 73.5 Å². The van der Waals surface area contributed by atoms with Crippen LogP contribution in [0.15, 0.2) is 61.2 Å². The number of nitrogens with zero attached hydrogens (tertiary/aromatic N) is 4. The molecule has 7 nitrogen and oxygen atoms in total. The van der Waals surface area contributed by atoms with Crippen molar-refractivity contribution in [1.29, 1.82) is 0 Å². The molecule has 1 aliphatic rings. The first-order valence-corrected chi connectivity index (χ1v) is 25.0. The number of hydrogen-bond donors (Lipinski definition) is 1. The van der Waals surface area contributed by atoms with Crippen LogP contribution >= 0.6 is 27.2 Å². The summed E-state index contributed by atoms with van der Waals surface area (Å²) in [5.41, 5.74) is 11.1. The first kappa shape index (κ1) is 49.9. The Morgan fingerprint density at radius 1 is 0.847 bits per heavy atom. The summed E-state index contributed by atoms with van der Waals surface area (Å²) in [6.07, 6.45) is 2.45. The van der Waals surface area contributed by atoms with Crippen molar-refractivity contribution < 1.29 is 70.4 Å². The van der Waals surface area contributed by atoms with Crippen LogP contribution in [0.1, 0.15) is 52.8 Å². The van der Waals surface area contributed by atoms with Crippen molar-refractivity contribution in [2.75, 3.05) is 28.2 Å². The molecule has 0 radical (unpaired) electrons. The number of rotatable bonds is 9. The summed E-state index contributed by atoms with van der Waals surface area (Å²) in [5, 5.41) is 1.82. The van der Waals surface area contributed by atoms with Gasteiger partial charge in [-0.25, -0.2) is 0 Å². The van der Waals surface area contributed by atoms with E-state index in [1.807, 2.05) is 5.32 Å². The van der Waals surface area contributed by atoms with Crippen LogP contribution in [0.4, 0.5) is 59.8 Å². The van der Waals surface area contributed by atoms with Crippen molar-refractivity contribution >= 4 is 54.8 Å². The molecule has 0 spiro atoms. The number of alkyl halides is 4. The zero-order valence-electron chi connectivity index (χ0n) is 33.4. The number of carbonyl (C=O) groups excluding carboxylic acids is 1. The number of amides is 1. The molecule has 332 valence electrons. The predicted octanol–water partition coefficient (Wildman–Crippen LogP) is 12.4. The molecule has 0 aliphatic carbocycles. The van der Waals surface area contributed by atoms with Crippen molar-refractivity contribution in [3.05, 3.63) is 107 Å². The third kappa shape index (κ3) is 14.9. The zero-order chi connectivity index (χ0) is 45.1. The minimum atomic E-state index is -10.7. The Morgan fingerprint density at radius 2 is 1.29 bits per heavy atom. The summed E-state index contributed by atoms with van der Waals surface area (Å²) in [7, 11) is 2.46. The quantitative estimate of drug-likeness (QED) is 0.0597. The van der Waals surface area contributed by atoms with Gasteiger partial charge in [-0.15, -0.1) is 0 Å². The molecule has 2 heterocycles. The number of carbonyl (C=O) groups is 1. The Kier molecular flexibility index (Phi) is 15.1.